The molecule has 0 saturated heterocycles. The van der Waals surface area contributed by atoms with Crippen molar-refractivity contribution >= 4 is 5.96 Å². The van der Waals surface area contributed by atoms with E-state index in [0.717, 1.165) is 23.6 Å². The van der Waals surface area contributed by atoms with Crippen LogP contribution in [0.15, 0.2) is 47.5 Å². The first-order valence-electron chi connectivity index (χ1n) is 8.63. The van der Waals surface area contributed by atoms with Gasteiger partial charge < -0.3 is 20.1 Å². The molecule has 2 aromatic rings. The standard InChI is InChI=1S/C20H26FN3O2/c1-4-22-20(24(2)14-15-8-10-17(21)11-9-15)23-13-12-16-6-5-7-18(26-3)19(16)25/h5-11,25H,4,12-14H2,1-3H3,(H,22,23). The van der Waals surface area contributed by atoms with Gasteiger partial charge in [-0.15, -0.1) is 0 Å². The van der Waals surface area contributed by atoms with Crippen LogP contribution >= 0.6 is 0 Å². The number of benzene rings is 2. The van der Waals surface area contributed by atoms with Gasteiger partial charge in [-0.3, -0.25) is 4.99 Å². The molecule has 140 valence electrons. The van der Waals surface area contributed by atoms with Gasteiger partial charge in [-0.25, -0.2) is 4.39 Å². The Kier molecular flexibility index (Phi) is 7.26. The van der Waals surface area contributed by atoms with Gasteiger partial charge in [0.25, 0.3) is 0 Å². The van der Waals surface area contributed by atoms with Crippen LogP contribution in [0.1, 0.15) is 18.1 Å². The zero-order valence-electron chi connectivity index (χ0n) is 15.5. The Labute approximate surface area is 154 Å². The van der Waals surface area contributed by atoms with E-state index in [1.54, 1.807) is 18.2 Å². The topological polar surface area (TPSA) is 57.1 Å². The smallest absolute Gasteiger partial charge is 0.193 e. The van der Waals surface area contributed by atoms with Crippen molar-refractivity contribution in [3.8, 4) is 11.5 Å². The number of halogens is 1. The Bertz CT molecular complexity index is 732. The van der Waals surface area contributed by atoms with Crippen molar-refractivity contribution in [2.75, 3.05) is 27.2 Å². The van der Waals surface area contributed by atoms with Gasteiger partial charge in [-0.2, -0.15) is 0 Å². The van der Waals surface area contributed by atoms with Crippen molar-refractivity contribution in [3.63, 3.8) is 0 Å². The number of hydrogen-bond acceptors (Lipinski definition) is 3. The van der Waals surface area contributed by atoms with E-state index in [2.05, 4.69) is 10.3 Å². The van der Waals surface area contributed by atoms with E-state index in [4.69, 9.17) is 4.74 Å². The second kappa shape index (κ2) is 9.65. The highest BCUT2D eigenvalue weighted by molar-refractivity contribution is 5.79. The van der Waals surface area contributed by atoms with Crippen LogP contribution in [0.5, 0.6) is 11.5 Å². The first kappa shape index (κ1) is 19.6. The summed E-state index contributed by atoms with van der Waals surface area (Å²) < 4.78 is 18.2. The van der Waals surface area contributed by atoms with E-state index in [0.29, 0.717) is 25.3 Å². The van der Waals surface area contributed by atoms with Crippen molar-refractivity contribution in [1.29, 1.82) is 0 Å². The number of methoxy groups -OCH3 is 1. The molecule has 2 N–H and O–H groups in total. The molecule has 0 saturated carbocycles. The molecule has 0 unspecified atom stereocenters. The summed E-state index contributed by atoms with van der Waals surface area (Å²) in [6.45, 7) is 3.90. The molecule has 0 spiro atoms. The summed E-state index contributed by atoms with van der Waals surface area (Å²) in [6, 6.07) is 11.9. The number of para-hydroxylation sites is 1. The largest absolute Gasteiger partial charge is 0.504 e. The van der Waals surface area contributed by atoms with Gasteiger partial charge in [0.05, 0.1) is 7.11 Å². The predicted molar refractivity (Wildman–Crippen MR) is 102 cm³/mol. The Morgan fingerprint density at radius 1 is 1.23 bits per heavy atom. The molecule has 0 bridgehead atoms. The highest BCUT2D eigenvalue weighted by Crippen LogP contribution is 2.29. The van der Waals surface area contributed by atoms with Gasteiger partial charge in [0, 0.05) is 26.7 Å². The Morgan fingerprint density at radius 3 is 2.62 bits per heavy atom. The molecule has 0 heterocycles. The lowest BCUT2D eigenvalue weighted by atomic mass is 10.1. The Hall–Kier alpha value is -2.76. The van der Waals surface area contributed by atoms with Crippen molar-refractivity contribution in [3.05, 3.63) is 59.4 Å². The third-order valence-electron chi connectivity index (χ3n) is 3.97. The SMILES string of the molecule is CCNC(=NCCc1cccc(OC)c1O)N(C)Cc1ccc(F)cc1. The number of hydrogen-bond donors (Lipinski definition) is 2. The summed E-state index contributed by atoms with van der Waals surface area (Å²) in [6.07, 6.45) is 0.600. The molecule has 0 aliphatic heterocycles. The molecule has 0 fully saturated rings. The highest BCUT2D eigenvalue weighted by atomic mass is 19.1. The van der Waals surface area contributed by atoms with E-state index in [9.17, 15) is 9.50 Å². The molecule has 0 aromatic heterocycles. The lowest BCUT2D eigenvalue weighted by molar-refractivity contribution is 0.370. The third kappa shape index (κ3) is 5.37. The van der Waals surface area contributed by atoms with Crippen LogP contribution in [-0.2, 0) is 13.0 Å². The van der Waals surface area contributed by atoms with Gasteiger partial charge in [-0.1, -0.05) is 24.3 Å². The average molecular weight is 359 g/mol. The minimum atomic E-state index is -0.241. The number of nitrogens with zero attached hydrogens (tertiary/aromatic N) is 2. The molecule has 6 heteroatoms. The third-order valence-corrected chi connectivity index (χ3v) is 3.97. The van der Waals surface area contributed by atoms with E-state index >= 15 is 0 Å². The first-order valence-corrected chi connectivity index (χ1v) is 8.63. The summed E-state index contributed by atoms with van der Waals surface area (Å²) in [5.41, 5.74) is 1.80. The molecule has 2 rings (SSSR count). The van der Waals surface area contributed by atoms with E-state index < -0.39 is 0 Å². The molecule has 0 aliphatic rings. The Balaban J connectivity index is 2.02. The molecule has 0 amide bonds. The fraction of sp³-hybridized carbons (Fsp3) is 0.350. The van der Waals surface area contributed by atoms with Gasteiger partial charge in [0.2, 0.25) is 0 Å². The van der Waals surface area contributed by atoms with Crippen molar-refractivity contribution in [2.45, 2.75) is 19.9 Å². The van der Waals surface area contributed by atoms with Crippen LogP contribution in [0.4, 0.5) is 4.39 Å². The molecule has 0 aliphatic carbocycles. The van der Waals surface area contributed by atoms with Gasteiger partial charge in [0.15, 0.2) is 17.5 Å². The second-order valence-electron chi connectivity index (χ2n) is 5.94. The molecule has 26 heavy (non-hydrogen) atoms. The predicted octanol–water partition coefficient (Wildman–Crippen LogP) is 3.18. The number of nitrogens with one attached hydrogen (secondary N) is 1. The van der Waals surface area contributed by atoms with Gasteiger partial charge in [-0.05, 0) is 42.7 Å². The summed E-state index contributed by atoms with van der Waals surface area (Å²) >= 11 is 0. The second-order valence-corrected chi connectivity index (χ2v) is 5.94. The van der Waals surface area contributed by atoms with Crippen molar-refractivity contribution < 1.29 is 14.2 Å². The number of rotatable bonds is 7. The molecular weight excluding hydrogens is 333 g/mol. The van der Waals surface area contributed by atoms with Crippen molar-refractivity contribution in [1.82, 2.24) is 10.2 Å². The monoisotopic (exact) mass is 359 g/mol. The zero-order chi connectivity index (χ0) is 18.9. The maximum atomic E-state index is 13.0. The summed E-state index contributed by atoms with van der Waals surface area (Å²) in [5.74, 6) is 1.15. The molecule has 0 atom stereocenters. The normalized spacial score (nSPS) is 11.3. The van der Waals surface area contributed by atoms with Gasteiger partial charge in [0.1, 0.15) is 5.82 Å². The maximum Gasteiger partial charge on any atom is 0.193 e. The van der Waals surface area contributed by atoms with Crippen LogP contribution < -0.4 is 10.1 Å². The van der Waals surface area contributed by atoms with E-state index in [1.165, 1.54) is 19.2 Å². The van der Waals surface area contributed by atoms with Crippen LogP contribution in [0.3, 0.4) is 0 Å². The Morgan fingerprint density at radius 2 is 1.96 bits per heavy atom. The lowest BCUT2D eigenvalue weighted by Gasteiger charge is -2.22. The number of aromatic hydroxyl groups is 1. The van der Waals surface area contributed by atoms with Crippen LogP contribution in [0, 0.1) is 5.82 Å². The molecule has 2 aromatic carbocycles. The molecule has 5 nitrogen and oxygen atoms in total. The van der Waals surface area contributed by atoms with Gasteiger partial charge >= 0.3 is 0 Å². The minimum absolute atomic E-state index is 0.162. The summed E-state index contributed by atoms with van der Waals surface area (Å²) in [4.78, 5) is 6.61. The quantitative estimate of drug-likeness (QED) is 0.589. The van der Waals surface area contributed by atoms with Crippen LogP contribution in [0.2, 0.25) is 0 Å². The van der Waals surface area contributed by atoms with E-state index in [-0.39, 0.29) is 11.6 Å². The maximum absolute atomic E-state index is 13.0. The zero-order valence-corrected chi connectivity index (χ0v) is 15.5. The van der Waals surface area contributed by atoms with E-state index in [1.807, 2.05) is 31.0 Å². The fourth-order valence-electron chi connectivity index (χ4n) is 2.62. The van der Waals surface area contributed by atoms with Crippen LogP contribution in [0.25, 0.3) is 0 Å². The number of phenolic OH excluding ortho intramolecular Hbond substituents is 1. The highest BCUT2D eigenvalue weighted by Gasteiger charge is 2.09. The number of aliphatic imine (C=N–C) groups is 1. The summed E-state index contributed by atoms with van der Waals surface area (Å²) in [5, 5.41) is 13.4. The van der Waals surface area contributed by atoms with Crippen molar-refractivity contribution in [2.24, 2.45) is 4.99 Å². The number of phenols is 1. The van der Waals surface area contributed by atoms with Crippen LogP contribution in [-0.4, -0.2) is 43.2 Å². The number of guanidine groups is 1. The minimum Gasteiger partial charge on any atom is -0.504 e. The first-order chi connectivity index (χ1) is 12.5. The average Bonchev–Trinajstić information content (AvgIpc) is 2.64. The number of ether oxygens (including phenoxy) is 1. The molecular formula is C20H26FN3O2. The lowest BCUT2D eigenvalue weighted by Crippen LogP contribution is -2.38. The summed E-state index contributed by atoms with van der Waals surface area (Å²) in [7, 11) is 3.47. The molecule has 0 radical (unpaired) electrons. The fourth-order valence-corrected chi connectivity index (χ4v) is 2.62.